The number of carbonyl (C=O) groups is 1. The van der Waals surface area contributed by atoms with Gasteiger partial charge in [0.2, 0.25) is 0 Å². The van der Waals surface area contributed by atoms with Crippen LogP contribution in [0.5, 0.6) is 0 Å². The lowest BCUT2D eigenvalue weighted by atomic mass is 10.1. The third-order valence-corrected chi connectivity index (χ3v) is 7.43. The first-order valence-electron chi connectivity index (χ1n) is 8.11. The van der Waals surface area contributed by atoms with Crippen molar-refractivity contribution in [2.75, 3.05) is 19.3 Å². The van der Waals surface area contributed by atoms with Crippen LogP contribution in [0.15, 0.2) is 58.6 Å². The molecule has 1 saturated heterocycles. The van der Waals surface area contributed by atoms with Gasteiger partial charge in [-0.05, 0) is 43.4 Å². The Hall–Kier alpha value is -1.86. The predicted octanol–water partition coefficient (Wildman–Crippen LogP) is 2.88. The number of hydrogen-bond acceptors (Lipinski definition) is 5. The van der Waals surface area contributed by atoms with Crippen LogP contribution in [0, 0.1) is 0 Å². The van der Waals surface area contributed by atoms with Gasteiger partial charge in [0.1, 0.15) is 5.03 Å². The standard InChI is InChI=1S/C18H20N2O3S2/c1-24-17-16(8-5-11-19-17)18(21)20-12-9-15(10-13-20)25(22,23)14-6-3-2-4-7-14/h2-8,11,15H,9-10,12-13H2,1H3. The second-order valence-corrected chi connectivity index (χ2v) is 8.93. The number of sulfone groups is 1. The maximum absolute atomic E-state index is 12.7. The van der Waals surface area contributed by atoms with Crippen LogP contribution in [-0.2, 0) is 9.84 Å². The normalized spacial score (nSPS) is 16.0. The Balaban J connectivity index is 1.71. The fourth-order valence-electron chi connectivity index (χ4n) is 3.06. The number of piperidine rings is 1. The van der Waals surface area contributed by atoms with Crippen LogP contribution in [0.1, 0.15) is 23.2 Å². The van der Waals surface area contributed by atoms with Gasteiger partial charge in [0, 0.05) is 19.3 Å². The minimum atomic E-state index is -3.34. The summed E-state index contributed by atoms with van der Waals surface area (Å²) in [6, 6.07) is 12.1. The zero-order valence-electron chi connectivity index (χ0n) is 14.0. The van der Waals surface area contributed by atoms with Crippen LogP contribution < -0.4 is 0 Å². The van der Waals surface area contributed by atoms with Crippen molar-refractivity contribution >= 4 is 27.5 Å². The molecule has 1 fully saturated rings. The Morgan fingerprint density at radius 2 is 1.80 bits per heavy atom. The summed E-state index contributed by atoms with van der Waals surface area (Å²) in [5.41, 5.74) is 0.583. The summed E-state index contributed by atoms with van der Waals surface area (Å²) in [6.07, 6.45) is 4.47. The number of aromatic nitrogens is 1. The highest BCUT2D eigenvalue weighted by molar-refractivity contribution is 7.98. The zero-order chi connectivity index (χ0) is 17.9. The van der Waals surface area contributed by atoms with Crippen molar-refractivity contribution in [2.45, 2.75) is 28.0 Å². The summed E-state index contributed by atoms with van der Waals surface area (Å²) >= 11 is 1.44. The van der Waals surface area contributed by atoms with Gasteiger partial charge in [-0.2, -0.15) is 0 Å². The average molecular weight is 377 g/mol. The van der Waals surface area contributed by atoms with Gasteiger partial charge >= 0.3 is 0 Å². The van der Waals surface area contributed by atoms with E-state index < -0.39 is 15.1 Å². The van der Waals surface area contributed by atoms with Gasteiger partial charge in [0.15, 0.2) is 9.84 Å². The molecular formula is C18H20N2O3S2. The second kappa shape index (κ2) is 7.58. The first kappa shape index (κ1) is 17.9. The highest BCUT2D eigenvalue weighted by Gasteiger charge is 2.33. The van der Waals surface area contributed by atoms with Gasteiger partial charge in [-0.1, -0.05) is 18.2 Å². The molecule has 1 aromatic carbocycles. The molecule has 2 aromatic rings. The molecule has 1 aliphatic rings. The summed E-state index contributed by atoms with van der Waals surface area (Å²) in [4.78, 5) is 19.0. The topological polar surface area (TPSA) is 67.3 Å². The summed E-state index contributed by atoms with van der Waals surface area (Å²) < 4.78 is 25.4. The van der Waals surface area contributed by atoms with E-state index in [2.05, 4.69) is 4.98 Å². The van der Waals surface area contributed by atoms with Gasteiger partial charge in [-0.25, -0.2) is 13.4 Å². The smallest absolute Gasteiger partial charge is 0.256 e. The van der Waals surface area contributed by atoms with E-state index in [-0.39, 0.29) is 5.91 Å². The molecule has 0 atom stereocenters. The van der Waals surface area contributed by atoms with Crippen LogP contribution in [0.2, 0.25) is 0 Å². The Morgan fingerprint density at radius 1 is 1.12 bits per heavy atom. The van der Waals surface area contributed by atoms with Crippen molar-refractivity contribution in [2.24, 2.45) is 0 Å². The summed E-state index contributed by atoms with van der Waals surface area (Å²) in [7, 11) is -3.34. The molecule has 1 aliphatic heterocycles. The summed E-state index contributed by atoms with van der Waals surface area (Å²) in [5, 5.41) is 0.263. The number of likely N-dealkylation sites (tertiary alicyclic amines) is 1. The van der Waals surface area contributed by atoms with Crippen LogP contribution in [0.4, 0.5) is 0 Å². The van der Waals surface area contributed by atoms with Gasteiger partial charge < -0.3 is 4.90 Å². The van der Waals surface area contributed by atoms with Crippen molar-refractivity contribution in [1.82, 2.24) is 9.88 Å². The largest absolute Gasteiger partial charge is 0.338 e. The molecule has 0 unspecified atom stereocenters. The molecule has 0 saturated carbocycles. The van der Waals surface area contributed by atoms with Crippen LogP contribution in [-0.4, -0.2) is 48.8 Å². The minimum absolute atomic E-state index is 0.0759. The first-order chi connectivity index (χ1) is 12.0. The lowest BCUT2D eigenvalue weighted by Crippen LogP contribution is -2.42. The van der Waals surface area contributed by atoms with Crippen LogP contribution >= 0.6 is 11.8 Å². The molecule has 3 rings (SSSR count). The lowest BCUT2D eigenvalue weighted by Gasteiger charge is -2.32. The van der Waals surface area contributed by atoms with Gasteiger partial charge in [0.05, 0.1) is 15.7 Å². The Bertz CT molecular complexity index is 846. The van der Waals surface area contributed by atoms with E-state index in [1.54, 1.807) is 53.6 Å². The molecule has 132 valence electrons. The molecule has 1 aromatic heterocycles. The van der Waals surface area contributed by atoms with Crippen LogP contribution in [0.3, 0.4) is 0 Å². The Morgan fingerprint density at radius 3 is 2.44 bits per heavy atom. The molecule has 0 bridgehead atoms. The Kier molecular flexibility index (Phi) is 5.44. The number of pyridine rings is 1. The number of benzene rings is 1. The molecular weight excluding hydrogens is 356 g/mol. The molecule has 2 heterocycles. The fourth-order valence-corrected chi connectivity index (χ4v) is 5.35. The highest BCUT2D eigenvalue weighted by Crippen LogP contribution is 2.26. The number of thioether (sulfide) groups is 1. The quantitative estimate of drug-likeness (QED) is 0.768. The molecule has 1 amide bonds. The monoisotopic (exact) mass is 376 g/mol. The van der Waals surface area contributed by atoms with E-state index >= 15 is 0 Å². The minimum Gasteiger partial charge on any atom is -0.338 e. The highest BCUT2D eigenvalue weighted by atomic mass is 32.2. The van der Waals surface area contributed by atoms with E-state index in [0.717, 1.165) is 0 Å². The van der Waals surface area contributed by atoms with Gasteiger partial charge in [0.25, 0.3) is 5.91 Å². The third-order valence-electron chi connectivity index (χ3n) is 4.43. The van der Waals surface area contributed by atoms with E-state index in [4.69, 9.17) is 0 Å². The van der Waals surface area contributed by atoms with E-state index in [9.17, 15) is 13.2 Å². The first-order valence-corrected chi connectivity index (χ1v) is 10.9. The van der Waals surface area contributed by atoms with Crippen LogP contribution in [0.25, 0.3) is 0 Å². The number of rotatable bonds is 4. The summed E-state index contributed by atoms with van der Waals surface area (Å²) in [6.45, 7) is 0.885. The van der Waals surface area contributed by atoms with Crippen molar-refractivity contribution in [3.63, 3.8) is 0 Å². The average Bonchev–Trinajstić information content (AvgIpc) is 2.68. The van der Waals surface area contributed by atoms with Gasteiger partial charge in [-0.15, -0.1) is 11.8 Å². The SMILES string of the molecule is CSc1ncccc1C(=O)N1CCC(S(=O)(=O)c2ccccc2)CC1. The lowest BCUT2D eigenvalue weighted by molar-refractivity contribution is 0.0721. The number of hydrogen-bond donors (Lipinski definition) is 0. The van der Waals surface area contributed by atoms with Crippen molar-refractivity contribution < 1.29 is 13.2 Å². The van der Waals surface area contributed by atoms with E-state index in [1.807, 2.05) is 6.26 Å². The third kappa shape index (κ3) is 3.72. The molecule has 7 heteroatoms. The number of nitrogens with zero attached hydrogens (tertiary/aromatic N) is 2. The maximum atomic E-state index is 12.7. The molecule has 0 radical (unpaired) electrons. The summed E-state index contributed by atoms with van der Waals surface area (Å²) in [5.74, 6) is -0.0759. The molecule has 0 N–H and O–H groups in total. The number of amides is 1. The molecule has 0 aliphatic carbocycles. The molecule has 5 nitrogen and oxygen atoms in total. The van der Waals surface area contributed by atoms with Crippen molar-refractivity contribution in [3.05, 3.63) is 54.2 Å². The molecule has 0 spiro atoms. The van der Waals surface area contributed by atoms with Crippen molar-refractivity contribution in [3.8, 4) is 0 Å². The van der Waals surface area contributed by atoms with Crippen molar-refractivity contribution in [1.29, 1.82) is 0 Å². The predicted molar refractivity (Wildman–Crippen MR) is 98.6 cm³/mol. The van der Waals surface area contributed by atoms with Gasteiger partial charge in [-0.3, -0.25) is 4.79 Å². The second-order valence-electron chi connectivity index (χ2n) is 5.91. The maximum Gasteiger partial charge on any atom is 0.256 e. The Labute approximate surface area is 152 Å². The van der Waals surface area contributed by atoms with E-state index in [1.165, 1.54) is 11.8 Å². The fraction of sp³-hybridized carbons (Fsp3) is 0.333. The molecule has 25 heavy (non-hydrogen) atoms. The zero-order valence-corrected chi connectivity index (χ0v) is 15.6. The number of carbonyl (C=O) groups excluding carboxylic acids is 1. The van der Waals surface area contributed by atoms with E-state index in [0.29, 0.717) is 41.4 Å².